The summed E-state index contributed by atoms with van der Waals surface area (Å²) in [6.07, 6.45) is 2.40. The van der Waals surface area contributed by atoms with Crippen molar-refractivity contribution >= 4 is 5.65 Å². The number of nitrogens with one attached hydrogen (secondary N) is 1. The van der Waals surface area contributed by atoms with Crippen LogP contribution in [0.1, 0.15) is 24.5 Å². The number of fused-ring (bicyclic) bond motifs is 1. The molecule has 1 aliphatic carbocycles. The summed E-state index contributed by atoms with van der Waals surface area (Å²) in [5, 5.41) is 3.15. The number of hydrogen-bond donors (Lipinski definition) is 1. The zero-order valence-corrected chi connectivity index (χ0v) is 10.3. The maximum absolute atomic E-state index is 12.1. The van der Waals surface area contributed by atoms with E-state index in [0.717, 1.165) is 17.0 Å². The maximum atomic E-state index is 12.1. The van der Waals surface area contributed by atoms with Crippen LogP contribution in [0.3, 0.4) is 0 Å². The van der Waals surface area contributed by atoms with Crippen molar-refractivity contribution in [1.29, 1.82) is 0 Å². The Morgan fingerprint density at radius 1 is 1.16 bits per heavy atom. The van der Waals surface area contributed by atoms with Gasteiger partial charge in [0.05, 0.1) is 5.69 Å². The molecule has 1 saturated carbocycles. The molecule has 0 unspecified atom stereocenters. The number of benzene rings is 1. The zero-order valence-electron chi connectivity index (χ0n) is 10.3. The Hall–Kier alpha value is -2.36. The normalized spacial score (nSPS) is 14.9. The van der Waals surface area contributed by atoms with Crippen molar-refractivity contribution in [2.24, 2.45) is 0 Å². The van der Waals surface area contributed by atoms with Gasteiger partial charge in [0, 0.05) is 29.3 Å². The van der Waals surface area contributed by atoms with Crippen LogP contribution in [0.15, 0.2) is 47.3 Å². The minimum atomic E-state index is -0.0595. The Kier molecular flexibility index (Phi) is 2.12. The summed E-state index contributed by atoms with van der Waals surface area (Å²) in [6.45, 7) is 0. The largest absolute Gasteiger partial charge is 0.293 e. The van der Waals surface area contributed by atoms with E-state index in [4.69, 9.17) is 0 Å². The minimum Gasteiger partial charge on any atom is -0.293 e. The highest BCUT2D eigenvalue weighted by molar-refractivity contribution is 5.61. The number of hydrogen-bond acceptors (Lipinski definition) is 2. The number of nitrogens with zero attached hydrogens (tertiary/aromatic N) is 2. The average molecular weight is 251 g/mol. The van der Waals surface area contributed by atoms with Crippen molar-refractivity contribution < 1.29 is 0 Å². The van der Waals surface area contributed by atoms with E-state index in [1.807, 2.05) is 36.4 Å². The first-order chi connectivity index (χ1) is 9.31. The Balaban J connectivity index is 1.92. The molecular formula is C15H13N3O. The van der Waals surface area contributed by atoms with Gasteiger partial charge in [-0.3, -0.25) is 9.89 Å². The Labute approximate surface area is 109 Å². The first kappa shape index (κ1) is 10.6. The molecule has 0 aliphatic heterocycles. The second-order valence-electron chi connectivity index (χ2n) is 5.03. The molecule has 19 heavy (non-hydrogen) atoms. The van der Waals surface area contributed by atoms with Crippen LogP contribution in [0.5, 0.6) is 0 Å². The lowest BCUT2D eigenvalue weighted by Crippen LogP contribution is -2.14. The lowest BCUT2D eigenvalue weighted by atomic mass is 10.1. The van der Waals surface area contributed by atoms with Gasteiger partial charge in [0.25, 0.3) is 5.56 Å². The number of aromatic nitrogens is 3. The van der Waals surface area contributed by atoms with Crippen molar-refractivity contribution in [2.45, 2.75) is 18.8 Å². The predicted octanol–water partition coefficient (Wildman–Crippen LogP) is 2.57. The molecule has 0 spiro atoms. The van der Waals surface area contributed by atoms with Gasteiger partial charge < -0.3 is 0 Å². The molecule has 0 saturated heterocycles. The molecule has 0 bridgehead atoms. The molecule has 4 heteroatoms. The van der Waals surface area contributed by atoms with Crippen LogP contribution < -0.4 is 5.56 Å². The maximum Gasteiger partial charge on any atom is 0.273 e. The van der Waals surface area contributed by atoms with Gasteiger partial charge in [-0.05, 0) is 12.8 Å². The molecule has 4 nitrogen and oxygen atoms in total. The average Bonchev–Trinajstić information content (AvgIpc) is 3.20. The lowest BCUT2D eigenvalue weighted by Gasteiger charge is -2.00. The summed E-state index contributed by atoms with van der Waals surface area (Å²) in [6, 6.07) is 13.4. The van der Waals surface area contributed by atoms with Gasteiger partial charge >= 0.3 is 0 Å². The summed E-state index contributed by atoms with van der Waals surface area (Å²) in [4.78, 5) is 16.7. The second kappa shape index (κ2) is 3.82. The van der Waals surface area contributed by atoms with Gasteiger partial charge in [-0.2, -0.15) is 0 Å². The molecule has 1 aliphatic rings. The summed E-state index contributed by atoms with van der Waals surface area (Å²) in [5.74, 6) is 0.585. The summed E-state index contributed by atoms with van der Waals surface area (Å²) in [7, 11) is 0. The minimum absolute atomic E-state index is 0.0595. The zero-order chi connectivity index (χ0) is 12.8. The van der Waals surface area contributed by atoms with E-state index in [-0.39, 0.29) is 5.56 Å². The molecular weight excluding hydrogens is 238 g/mol. The fraction of sp³-hybridized carbons (Fsp3) is 0.200. The first-order valence-electron chi connectivity index (χ1n) is 6.49. The third-order valence-electron chi connectivity index (χ3n) is 3.56. The molecule has 1 aromatic carbocycles. The van der Waals surface area contributed by atoms with Crippen LogP contribution in [-0.4, -0.2) is 14.6 Å². The van der Waals surface area contributed by atoms with Crippen molar-refractivity contribution in [1.82, 2.24) is 14.6 Å². The molecule has 1 fully saturated rings. The van der Waals surface area contributed by atoms with E-state index < -0.39 is 0 Å². The molecule has 2 heterocycles. The second-order valence-corrected chi connectivity index (χ2v) is 5.03. The Bertz CT molecular complexity index is 797. The van der Waals surface area contributed by atoms with E-state index in [1.165, 1.54) is 17.4 Å². The fourth-order valence-corrected chi connectivity index (χ4v) is 2.37. The van der Waals surface area contributed by atoms with E-state index in [1.54, 1.807) is 6.07 Å². The van der Waals surface area contributed by atoms with Crippen molar-refractivity contribution in [3.63, 3.8) is 0 Å². The monoisotopic (exact) mass is 251 g/mol. The van der Waals surface area contributed by atoms with Gasteiger partial charge in [0.15, 0.2) is 5.65 Å². The van der Waals surface area contributed by atoms with Crippen molar-refractivity contribution in [2.75, 3.05) is 0 Å². The van der Waals surface area contributed by atoms with E-state index in [9.17, 15) is 4.79 Å². The summed E-state index contributed by atoms with van der Waals surface area (Å²) in [5.41, 5.74) is 3.46. The first-order valence-corrected chi connectivity index (χ1v) is 6.49. The van der Waals surface area contributed by atoms with E-state index in [0.29, 0.717) is 11.6 Å². The SMILES string of the molecule is O=c1cc(-c2ccccc2)nc2cc(C3CC3)[nH]n12. The molecule has 1 N–H and O–H groups in total. The van der Waals surface area contributed by atoms with Gasteiger partial charge in [-0.1, -0.05) is 30.3 Å². The molecule has 3 aromatic rings. The number of aromatic amines is 1. The summed E-state index contributed by atoms with van der Waals surface area (Å²) >= 11 is 0. The van der Waals surface area contributed by atoms with Crippen LogP contribution in [0.2, 0.25) is 0 Å². The highest BCUT2D eigenvalue weighted by Gasteiger charge is 2.25. The quantitative estimate of drug-likeness (QED) is 0.761. The third kappa shape index (κ3) is 1.76. The van der Waals surface area contributed by atoms with E-state index >= 15 is 0 Å². The van der Waals surface area contributed by atoms with Crippen LogP contribution in [-0.2, 0) is 0 Å². The highest BCUT2D eigenvalue weighted by atomic mass is 16.1. The van der Waals surface area contributed by atoms with Crippen molar-refractivity contribution in [3.05, 3.63) is 58.5 Å². The molecule has 0 amide bonds. The van der Waals surface area contributed by atoms with Gasteiger partial charge in [-0.25, -0.2) is 9.50 Å². The van der Waals surface area contributed by atoms with Gasteiger partial charge in [0.2, 0.25) is 0 Å². The van der Waals surface area contributed by atoms with Gasteiger partial charge in [0.1, 0.15) is 0 Å². The van der Waals surface area contributed by atoms with Crippen LogP contribution >= 0.6 is 0 Å². The smallest absolute Gasteiger partial charge is 0.273 e. The van der Waals surface area contributed by atoms with Crippen molar-refractivity contribution in [3.8, 4) is 11.3 Å². The predicted molar refractivity (Wildman–Crippen MR) is 73.2 cm³/mol. The Morgan fingerprint density at radius 2 is 1.95 bits per heavy atom. The third-order valence-corrected chi connectivity index (χ3v) is 3.56. The van der Waals surface area contributed by atoms with Crippen LogP contribution in [0, 0.1) is 0 Å². The lowest BCUT2D eigenvalue weighted by molar-refractivity contribution is 0.854. The Morgan fingerprint density at radius 3 is 2.68 bits per heavy atom. The number of H-pyrrole nitrogens is 1. The molecule has 2 aromatic heterocycles. The molecule has 0 radical (unpaired) electrons. The van der Waals surface area contributed by atoms with Crippen LogP contribution in [0.25, 0.3) is 16.9 Å². The topological polar surface area (TPSA) is 50.2 Å². The molecule has 94 valence electrons. The standard InChI is InChI=1S/C15H13N3O/c19-15-9-12(10-4-2-1-3-5-10)16-14-8-13(11-6-7-11)17-18(14)15/h1-5,8-9,11,17H,6-7H2. The van der Waals surface area contributed by atoms with Crippen LogP contribution in [0.4, 0.5) is 0 Å². The summed E-state index contributed by atoms with van der Waals surface area (Å²) < 4.78 is 1.53. The molecule has 4 rings (SSSR count). The highest BCUT2D eigenvalue weighted by Crippen LogP contribution is 2.39. The van der Waals surface area contributed by atoms with E-state index in [2.05, 4.69) is 10.1 Å². The number of rotatable bonds is 2. The van der Waals surface area contributed by atoms with Gasteiger partial charge in [-0.15, -0.1) is 0 Å². The fourth-order valence-electron chi connectivity index (χ4n) is 2.37. The molecule has 0 atom stereocenters.